The molecule has 0 aromatic carbocycles. The van der Waals surface area contributed by atoms with Gasteiger partial charge in [-0.2, -0.15) is 0 Å². The molecule has 0 saturated carbocycles. The minimum atomic E-state index is 1.30. The third-order valence-corrected chi connectivity index (χ3v) is 3.54. The van der Waals surface area contributed by atoms with Crippen molar-refractivity contribution in [3.63, 3.8) is 0 Å². The lowest BCUT2D eigenvalue weighted by molar-refractivity contribution is -0.0979. The second-order valence-electron chi connectivity index (χ2n) is 5.49. The number of unbranched alkanes of at least 4 members (excludes halogenated alkanes) is 9. The maximum absolute atomic E-state index is 8.00. The van der Waals surface area contributed by atoms with Gasteiger partial charge in [0.2, 0.25) is 0 Å². The van der Waals surface area contributed by atoms with Crippen LogP contribution in [-0.4, -0.2) is 31.8 Å². The monoisotopic (exact) mass is 271 g/mol. The highest BCUT2D eigenvalue weighted by Gasteiger charge is 1.98. The van der Waals surface area contributed by atoms with E-state index in [1.54, 1.807) is 0 Å². The second kappa shape index (κ2) is 20.0. The van der Waals surface area contributed by atoms with Gasteiger partial charge in [0, 0.05) is 0 Å². The van der Waals surface area contributed by atoms with E-state index in [2.05, 4.69) is 25.8 Å². The van der Waals surface area contributed by atoms with Crippen molar-refractivity contribution in [2.75, 3.05) is 20.1 Å². The fourth-order valence-corrected chi connectivity index (χ4v) is 2.26. The Morgan fingerprint density at radius 1 is 0.632 bits per heavy atom. The maximum atomic E-state index is 8.00. The number of carbonyl (C=O) groups excluding carboxylic acids is 1. The molecule has 0 atom stereocenters. The molecule has 0 N–H and O–H groups in total. The van der Waals surface area contributed by atoms with E-state index < -0.39 is 0 Å². The van der Waals surface area contributed by atoms with Gasteiger partial charge in [0.1, 0.15) is 6.79 Å². The molecular formula is C17H37NO. The highest BCUT2D eigenvalue weighted by molar-refractivity contribution is 5.10. The smallest absolute Gasteiger partial charge is 0.106 e. The molecule has 0 bridgehead atoms. The largest absolute Gasteiger partial charge is 0.307 e. The summed E-state index contributed by atoms with van der Waals surface area (Å²) in [6.45, 7) is 9.18. The van der Waals surface area contributed by atoms with E-state index in [0.29, 0.717) is 0 Å². The zero-order valence-corrected chi connectivity index (χ0v) is 13.8. The average molecular weight is 271 g/mol. The van der Waals surface area contributed by atoms with Crippen molar-refractivity contribution in [3.05, 3.63) is 0 Å². The van der Waals surface area contributed by atoms with Crippen LogP contribution in [0.3, 0.4) is 0 Å². The molecule has 0 aliphatic heterocycles. The molecule has 0 aliphatic rings. The summed E-state index contributed by atoms with van der Waals surface area (Å²) in [5, 5.41) is 0. The number of rotatable bonds is 13. The summed E-state index contributed by atoms with van der Waals surface area (Å²) in [5.74, 6) is 0. The van der Waals surface area contributed by atoms with Gasteiger partial charge in [0.25, 0.3) is 0 Å². The van der Waals surface area contributed by atoms with Crippen LogP contribution in [-0.2, 0) is 4.79 Å². The third-order valence-electron chi connectivity index (χ3n) is 3.54. The summed E-state index contributed by atoms with van der Waals surface area (Å²) in [6.07, 6.45) is 15.5. The van der Waals surface area contributed by atoms with Crippen LogP contribution in [0.1, 0.15) is 84.5 Å². The Labute approximate surface area is 122 Å². The molecule has 0 rings (SSSR count). The second-order valence-corrected chi connectivity index (χ2v) is 5.49. The van der Waals surface area contributed by atoms with Crippen molar-refractivity contribution in [2.45, 2.75) is 84.5 Å². The van der Waals surface area contributed by atoms with Crippen molar-refractivity contribution < 1.29 is 4.79 Å². The van der Waals surface area contributed by atoms with Gasteiger partial charge >= 0.3 is 0 Å². The molecule has 0 fully saturated rings. The summed E-state index contributed by atoms with van der Waals surface area (Å²) in [6, 6.07) is 0. The minimum absolute atomic E-state index is 1.30. The summed E-state index contributed by atoms with van der Waals surface area (Å²) in [7, 11) is 2.28. The van der Waals surface area contributed by atoms with Gasteiger partial charge < -0.3 is 9.69 Å². The van der Waals surface area contributed by atoms with Gasteiger partial charge in [-0.15, -0.1) is 0 Å². The summed E-state index contributed by atoms with van der Waals surface area (Å²) in [4.78, 5) is 10.5. The van der Waals surface area contributed by atoms with Crippen LogP contribution >= 0.6 is 0 Å². The first-order chi connectivity index (χ1) is 9.31. The van der Waals surface area contributed by atoms with Gasteiger partial charge in [-0.1, -0.05) is 71.6 Å². The van der Waals surface area contributed by atoms with E-state index in [1.807, 2.05) is 6.79 Å². The Hall–Kier alpha value is -0.370. The normalized spacial score (nSPS) is 10.3. The van der Waals surface area contributed by atoms with E-state index in [4.69, 9.17) is 4.79 Å². The van der Waals surface area contributed by atoms with E-state index >= 15 is 0 Å². The SMILES string of the molecule is C=O.CCCCCCCCN(C)CCCCCCC. The first kappa shape index (κ1) is 20.9. The zero-order chi connectivity index (χ0) is 14.8. The highest BCUT2D eigenvalue weighted by atomic mass is 16.1. The number of carbonyl (C=O) groups is 1. The summed E-state index contributed by atoms with van der Waals surface area (Å²) < 4.78 is 0. The third kappa shape index (κ3) is 20.1. The van der Waals surface area contributed by atoms with Gasteiger partial charge in [-0.25, -0.2) is 0 Å². The number of nitrogens with zero attached hydrogens (tertiary/aromatic N) is 1. The quantitative estimate of drug-likeness (QED) is 0.436. The molecule has 0 heterocycles. The molecule has 2 heteroatoms. The van der Waals surface area contributed by atoms with E-state index in [0.717, 1.165) is 0 Å². The lowest BCUT2D eigenvalue weighted by atomic mass is 10.1. The molecule has 0 aliphatic carbocycles. The topological polar surface area (TPSA) is 20.3 Å². The van der Waals surface area contributed by atoms with Crippen molar-refractivity contribution >= 4 is 6.79 Å². The molecule has 2 nitrogen and oxygen atoms in total. The predicted octanol–water partition coefficient (Wildman–Crippen LogP) is 5.06. The van der Waals surface area contributed by atoms with Gasteiger partial charge in [-0.3, -0.25) is 0 Å². The maximum Gasteiger partial charge on any atom is 0.106 e. The highest BCUT2D eigenvalue weighted by Crippen LogP contribution is 2.07. The predicted molar refractivity (Wildman–Crippen MR) is 86.8 cm³/mol. The molecule has 0 amide bonds. The molecule has 0 radical (unpaired) electrons. The molecule has 0 aromatic rings. The lowest BCUT2D eigenvalue weighted by Gasteiger charge is -2.16. The molecule has 0 aromatic heterocycles. The minimum Gasteiger partial charge on any atom is -0.307 e. The molecule has 0 spiro atoms. The van der Waals surface area contributed by atoms with Crippen LogP contribution in [0, 0.1) is 0 Å². The molecule has 0 saturated heterocycles. The van der Waals surface area contributed by atoms with Crippen LogP contribution in [0.5, 0.6) is 0 Å². The summed E-state index contributed by atoms with van der Waals surface area (Å²) >= 11 is 0. The Morgan fingerprint density at radius 3 is 1.32 bits per heavy atom. The van der Waals surface area contributed by atoms with Crippen LogP contribution in [0.25, 0.3) is 0 Å². The van der Waals surface area contributed by atoms with E-state index in [-0.39, 0.29) is 0 Å². The van der Waals surface area contributed by atoms with Crippen LogP contribution in [0.2, 0.25) is 0 Å². The standard InChI is InChI=1S/C16H35N.CH2O/c1-4-6-8-10-12-14-16-17(3)15-13-11-9-7-5-2;1-2/h4-16H2,1-3H3;1H2. The molecule has 0 unspecified atom stereocenters. The molecule has 116 valence electrons. The Morgan fingerprint density at radius 2 is 0.947 bits per heavy atom. The first-order valence-electron chi connectivity index (χ1n) is 8.28. The van der Waals surface area contributed by atoms with Gasteiger partial charge in [0.05, 0.1) is 0 Å². The Kier molecular flexibility index (Phi) is 22.0. The first-order valence-corrected chi connectivity index (χ1v) is 8.28. The Balaban J connectivity index is 0. The zero-order valence-electron chi connectivity index (χ0n) is 13.8. The Bertz CT molecular complexity index is 150. The molecular weight excluding hydrogens is 234 g/mol. The van der Waals surface area contributed by atoms with Gasteiger partial charge in [0.15, 0.2) is 0 Å². The van der Waals surface area contributed by atoms with Crippen molar-refractivity contribution in [1.82, 2.24) is 4.90 Å². The van der Waals surface area contributed by atoms with Crippen LogP contribution in [0.4, 0.5) is 0 Å². The number of hydrogen-bond acceptors (Lipinski definition) is 2. The molecule has 19 heavy (non-hydrogen) atoms. The average Bonchev–Trinajstić information content (AvgIpc) is 2.44. The number of hydrogen-bond donors (Lipinski definition) is 0. The van der Waals surface area contributed by atoms with Crippen molar-refractivity contribution in [1.29, 1.82) is 0 Å². The van der Waals surface area contributed by atoms with Crippen molar-refractivity contribution in [3.8, 4) is 0 Å². The van der Waals surface area contributed by atoms with Gasteiger partial charge in [-0.05, 0) is 33.0 Å². The summed E-state index contributed by atoms with van der Waals surface area (Å²) in [5.41, 5.74) is 0. The van der Waals surface area contributed by atoms with E-state index in [9.17, 15) is 0 Å². The van der Waals surface area contributed by atoms with Crippen LogP contribution in [0.15, 0.2) is 0 Å². The fraction of sp³-hybridized carbons (Fsp3) is 0.941. The fourth-order valence-electron chi connectivity index (χ4n) is 2.26. The van der Waals surface area contributed by atoms with Crippen molar-refractivity contribution in [2.24, 2.45) is 0 Å². The lowest BCUT2D eigenvalue weighted by Crippen LogP contribution is -2.20. The van der Waals surface area contributed by atoms with Crippen LogP contribution < -0.4 is 0 Å². The van der Waals surface area contributed by atoms with E-state index in [1.165, 1.54) is 83.7 Å².